The maximum Gasteiger partial charge on any atom is 0.0523 e. The molecule has 0 heterocycles. The molecule has 2 rings (SSSR count). The summed E-state index contributed by atoms with van der Waals surface area (Å²) in [5.41, 5.74) is 11.0. The second-order valence-corrected chi connectivity index (χ2v) is 4.24. The predicted octanol–water partition coefficient (Wildman–Crippen LogP) is 4.55. The van der Waals surface area contributed by atoms with Crippen molar-refractivity contribution in [2.75, 3.05) is 0 Å². The minimum absolute atomic E-state index is 0.308. The maximum absolute atomic E-state index is 8.36. The molecule has 0 saturated heterocycles. The van der Waals surface area contributed by atoms with Crippen LogP contribution in [-0.2, 0) is 6.54 Å². The van der Waals surface area contributed by atoms with Crippen molar-refractivity contribution in [2.45, 2.75) is 6.54 Å². The van der Waals surface area contributed by atoms with Crippen molar-refractivity contribution in [2.24, 2.45) is 5.11 Å². The number of nitrogens with zero attached hydrogens (tertiary/aromatic N) is 3. The summed E-state index contributed by atoms with van der Waals surface area (Å²) < 4.78 is 0. The number of hydrogen-bond acceptors (Lipinski definition) is 1. The lowest BCUT2D eigenvalue weighted by Gasteiger charge is -1.99. The van der Waals surface area contributed by atoms with E-state index in [1.54, 1.807) is 12.1 Å². The average Bonchev–Trinajstić information content (AvgIpc) is 2.45. The number of benzene rings is 2. The molecule has 0 unspecified atom stereocenters. The van der Waals surface area contributed by atoms with E-state index >= 15 is 0 Å². The molecule has 0 amide bonds. The molecule has 0 bridgehead atoms. The van der Waals surface area contributed by atoms with Crippen molar-refractivity contribution in [1.82, 2.24) is 0 Å². The Morgan fingerprint density at radius 3 is 2.53 bits per heavy atom. The first-order valence-electron chi connectivity index (χ1n) is 5.66. The molecular formula is C15H10ClN3. The Bertz CT molecular complexity index is 675. The van der Waals surface area contributed by atoms with Gasteiger partial charge in [0.15, 0.2) is 0 Å². The fourth-order valence-electron chi connectivity index (χ4n) is 1.56. The molecule has 0 saturated carbocycles. The summed E-state index contributed by atoms with van der Waals surface area (Å²) in [7, 11) is 0. The lowest BCUT2D eigenvalue weighted by atomic mass is 10.1. The Morgan fingerprint density at radius 1 is 1.05 bits per heavy atom. The van der Waals surface area contributed by atoms with Crippen molar-refractivity contribution >= 4 is 11.6 Å². The van der Waals surface area contributed by atoms with Crippen LogP contribution in [0.5, 0.6) is 0 Å². The van der Waals surface area contributed by atoms with Gasteiger partial charge in [0.2, 0.25) is 0 Å². The number of azide groups is 1. The third kappa shape index (κ3) is 3.79. The smallest absolute Gasteiger partial charge is 0.0523 e. The van der Waals surface area contributed by atoms with Crippen molar-refractivity contribution in [1.29, 1.82) is 0 Å². The molecule has 0 aromatic heterocycles. The Kier molecular flexibility index (Phi) is 4.47. The highest BCUT2D eigenvalue weighted by molar-refractivity contribution is 6.30. The molecule has 0 N–H and O–H groups in total. The molecule has 0 fully saturated rings. The lowest BCUT2D eigenvalue weighted by Crippen LogP contribution is -1.86. The minimum Gasteiger partial charge on any atom is -0.0892 e. The summed E-state index contributed by atoms with van der Waals surface area (Å²) in [6.45, 7) is 0.308. The van der Waals surface area contributed by atoms with Crippen LogP contribution >= 0.6 is 11.6 Å². The summed E-state index contributed by atoms with van der Waals surface area (Å²) in [6.07, 6.45) is 0. The van der Waals surface area contributed by atoms with E-state index in [9.17, 15) is 0 Å². The fourth-order valence-corrected chi connectivity index (χ4v) is 1.69. The molecule has 0 spiro atoms. The molecule has 2 aromatic rings. The van der Waals surface area contributed by atoms with Crippen LogP contribution in [0, 0.1) is 11.8 Å². The monoisotopic (exact) mass is 267 g/mol. The van der Waals surface area contributed by atoms with Gasteiger partial charge in [-0.1, -0.05) is 46.8 Å². The van der Waals surface area contributed by atoms with Crippen LogP contribution in [0.1, 0.15) is 16.7 Å². The second-order valence-electron chi connectivity index (χ2n) is 3.80. The van der Waals surface area contributed by atoms with E-state index in [1.807, 2.05) is 36.4 Å². The van der Waals surface area contributed by atoms with Crippen LogP contribution in [0.25, 0.3) is 10.4 Å². The molecule has 0 radical (unpaired) electrons. The Hall–Kier alpha value is -2.40. The van der Waals surface area contributed by atoms with Gasteiger partial charge in [-0.3, -0.25) is 0 Å². The van der Waals surface area contributed by atoms with Crippen LogP contribution in [0.3, 0.4) is 0 Å². The van der Waals surface area contributed by atoms with Crippen LogP contribution in [0.4, 0.5) is 0 Å². The van der Waals surface area contributed by atoms with Gasteiger partial charge in [-0.15, -0.1) is 0 Å². The quantitative estimate of drug-likeness (QED) is 0.332. The van der Waals surface area contributed by atoms with Crippen LogP contribution in [0.15, 0.2) is 53.6 Å². The molecule has 92 valence electrons. The summed E-state index contributed by atoms with van der Waals surface area (Å²) >= 11 is 5.82. The van der Waals surface area contributed by atoms with Crippen molar-refractivity contribution in [3.63, 3.8) is 0 Å². The minimum atomic E-state index is 0.308. The zero-order chi connectivity index (χ0) is 13.5. The van der Waals surface area contributed by atoms with Crippen molar-refractivity contribution in [3.8, 4) is 11.8 Å². The third-order valence-corrected chi connectivity index (χ3v) is 2.76. The van der Waals surface area contributed by atoms with Gasteiger partial charge in [0.25, 0.3) is 0 Å². The molecule has 19 heavy (non-hydrogen) atoms. The number of rotatable bonds is 2. The van der Waals surface area contributed by atoms with Gasteiger partial charge in [-0.05, 0) is 41.4 Å². The Balaban J connectivity index is 2.28. The first kappa shape index (κ1) is 13.0. The van der Waals surface area contributed by atoms with Gasteiger partial charge in [-0.2, -0.15) is 0 Å². The molecule has 4 heteroatoms. The van der Waals surface area contributed by atoms with Crippen LogP contribution < -0.4 is 0 Å². The highest BCUT2D eigenvalue weighted by Gasteiger charge is 1.96. The summed E-state index contributed by atoms with van der Waals surface area (Å²) in [5.74, 6) is 6.14. The molecule has 0 atom stereocenters. The Labute approximate surface area is 116 Å². The normalized spacial score (nSPS) is 9.11. The van der Waals surface area contributed by atoms with Gasteiger partial charge in [0.1, 0.15) is 0 Å². The van der Waals surface area contributed by atoms with E-state index in [0.29, 0.717) is 11.6 Å². The first-order chi connectivity index (χ1) is 9.29. The van der Waals surface area contributed by atoms with Crippen molar-refractivity contribution < 1.29 is 0 Å². The predicted molar refractivity (Wildman–Crippen MR) is 76.7 cm³/mol. The zero-order valence-corrected chi connectivity index (χ0v) is 10.8. The van der Waals surface area contributed by atoms with Crippen LogP contribution in [-0.4, -0.2) is 0 Å². The van der Waals surface area contributed by atoms with Gasteiger partial charge >= 0.3 is 0 Å². The lowest BCUT2D eigenvalue weighted by molar-refractivity contribution is 1.04. The third-order valence-electron chi connectivity index (χ3n) is 2.51. The van der Waals surface area contributed by atoms with Gasteiger partial charge in [0.05, 0.1) is 6.54 Å². The van der Waals surface area contributed by atoms with E-state index in [2.05, 4.69) is 21.9 Å². The first-order valence-corrected chi connectivity index (χ1v) is 6.04. The average molecular weight is 268 g/mol. The Morgan fingerprint density at radius 2 is 1.79 bits per heavy atom. The molecule has 2 aromatic carbocycles. The molecule has 0 aliphatic heterocycles. The molecule has 3 nitrogen and oxygen atoms in total. The molecular weight excluding hydrogens is 258 g/mol. The van der Waals surface area contributed by atoms with Crippen LogP contribution in [0.2, 0.25) is 5.02 Å². The molecule has 0 aliphatic carbocycles. The van der Waals surface area contributed by atoms with Gasteiger partial charge < -0.3 is 0 Å². The highest BCUT2D eigenvalue weighted by atomic mass is 35.5. The van der Waals surface area contributed by atoms with E-state index in [1.165, 1.54) is 0 Å². The number of halogens is 1. The van der Waals surface area contributed by atoms with E-state index in [-0.39, 0.29) is 0 Å². The summed E-state index contributed by atoms with van der Waals surface area (Å²) in [5, 5.41) is 4.25. The van der Waals surface area contributed by atoms with Gasteiger partial charge in [0, 0.05) is 21.1 Å². The summed E-state index contributed by atoms with van der Waals surface area (Å²) in [4.78, 5) is 2.76. The van der Waals surface area contributed by atoms with Crippen molar-refractivity contribution in [3.05, 3.63) is 80.7 Å². The number of hydrogen-bond donors (Lipinski definition) is 0. The zero-order valence-electron chi connectivity index (χ0n) is 10.0. The van der Waals surface area contributed by atoms with E-state index in [4.69, 9.17) is 17.1 Å². The fraction of sp³-hybridized carbons (Fsp3) is 0.0667. The second kappa shape index (κ2) is 6.51. The van der Waals surface area contributed by atoms with E-state index in [0.717, 1.165) is 16.7 Å². The highest BCUT2D eigenvalue weighted by Crippen LogP contribution is 2.11. The SMILES string of the molecule is [N-]=[N+]=NCc1ccccc1C#Cc1ccc(Cl)cc1. The topological polar surface area (TPSA) is 48.8 Å². The maximum atomic E-state index is 8.36. The molecule has 0 aliphatic rings. The largest absolute Gasteiger partial charge is 0.0892 e. The van der Waals surface area contributed by atoms with Gasteiger partial charge in [-0.25, -0.2) is 0 Å². The standard InChI is InChI=1S/C15H10ClN3/c16-15-9-6-12(7-10-15)5-8-13-3-1-2-4-14(13)11-18-19-17/h1-4,6-7,9-10H,11H2. The van der Waals surface area contributed by atoms with E-state index < -0.39 is 0 Å². The summed E-state index contributed by atoms with van der Waals surface area (Å²) in [6, 6.07) is 15.0.